The maximum absolute atomic E-state index is 14.5. The van der Waals surface area contributed by atoms with Crippen molar-refractivity contribution in [2.75, 3.05) is 18.0 Å². The number of hydrogen-bond acceptors (Lipinski definition) is 5. The third-order valence-electron chi connectivity index (χ3n) is 6.98. The van der Waals surface area contributed by atoms with Gasteiger partial charge in [0.05, 0.1) is 17.7 Å². The van der Waals surface area contributed by atoms with Crippen molar-refractivity contribution in [1.29, 1.82) is 0 Å². The number of nitrogens with one attached hydrogen (secondary N) is 1. The molecule has 0 aliphatic rings. The Morgan fingerprint density at radius 1 is 0.844 bits per heavy atom. The molecular weight excluding hydrogens is 593 g/mol. The number of sulfonamides is 1. The molecule has 0 bridgehead atoms. The summed E-state index contributed by atoms with van der Waals surface area (Å²) in [6, 6.07) is 28.1. The van der Waals surface area contributed by atoms with Gasteiger partial charge in [0, 0.05) is 18.5 Å². The highest BCUT2D eigenvalue weighted by atomic mass is 32.2. The van der Waals surface area contributed by atoms with Crippen LogP contribution in [0.1, 0.15) is 31.9 Å². The fourth-order valence-corrected chi connectivity index (χ4v) is 6.25. The van der Waals surface area contributed by atoms with Crippen LogP contribution in [0.3, 0.4) is 0 Å². The molecule has 0 heterocycles. The lowest BCUT2D eigenvalue weighted by molar-refractivity contribution is -0.140. The molecule has 0 spiro atoms. The number of hydrogen-bond donors (Lipinski definition) is 1. The van der Waals surface area contributed by atoms with Gasteiger partial charge in [0.2, 0.25) is 11.8 Å². The van der Waals surface area contributed by atoms with E-state index in [4.69, 9.17) is 4.74 Å². The van der Waals surface area contributed by atoms with Crippen molar-refractivity contribution in [1.82, 2.24) is 10.2 Å². The number of benzene rings is 4. The predicted molar refractivity (Wildman–Crippen MR) is 173 cm³/mol. The monoisotopic (exact) mass is 631 g/mol. The van der Waals surface area contributed by atoms with Gasteiger partial charge in [-0.1, -0.05) is 60.7 Å². The number of ether oxygens (including phenoxy) is 1. The predicted octanol–water partition coefficient (Wildman–Crippen LogP) is 5.58. The van der Waals surface area contributed by atoms with Gasteiger partial charge in [-0.25, -0.2) is 12.8 Å². The van der Waals surface area contributed by atoms with Gasteiger partial charge in [0.15, 0.2) is 0 Å². The Bertz CT molecular complexity index is 1690. The number of carbonyl (C=O) groups excluding carboxylic acids is 2. The minimum Gasteiger partial charge on any atom is -0.497 e. The molecule has 0 aliphatic carbocycles. The summed E-state index contributed by atoms with van der Waals surface area (Å²) in [4.78, 5) is 29.6. The molecule has 0 radical (unpaired) electrons. The van der Waals surface area contributed by atoms with E-state index in [1.807, 2.05) is 57.2 Å². The standard InChI is InChI=1S/C35H38FN3O5S/c1-35(2,3)37-34(41)32(23-26-12-7-5-8-13-26)38(24-27-14-11-17-30(22-27)44-4)33(40)25-39(29-15-9-6-10-16-29)45(42,43)31-20-18-28(36)19-21-31/h5-22,32H,23-25H2,1-4H3,(H,37,41)/t32-/m1/s1. The average molecular weight is 632 g/mol. The molecule has 45 heavy (non-hydrogen) atoms. The van der Waals surface area contributed by atoms with Crippen molar-refractivity contribution >= 4 is 27.5 Å². The number of nitrogens with zero attached hydrogens (tertiary/aromatic N) is 2. The Kier molecular flexibility index (Phi) is 10.6. The lowest BCUT2D eigenvalue weighted by Crippen LogP contribution is -2.56. The number of amides is 2. The van der Waals surface area contributed by atoms with Gasteiger partial charge in [-0.15, -0.1) is 0 Å². The van der Waals surface area contributed by atoms with E-state index in [9.17, 15) is 22.4 Å². The third kappa shape index (κ3) is 8.92. The summed E-state index contributed by atoms with van der Waals surface area (Å²) in [5.41, 5.74) is 1.17. The van der Waals surface area contributed by atoms with E-state index in [0.29, 0.717) is 11.3 Å². The molecule has 0 unspecified atom stereocenters. The number of halogens is 1. The van der Waals surface area contributed by atoms with Crippen molar-refractivity contribution in [2.24, 2.45) is 0 Å². The molecule has 0 saturated heterocycles. The highest BCUT2D eigenvalue weighted by Gasteiger charge is 2.35. The molecule has 1 atom stereocenters. The summed E-state index contributed by atoms with van der Waals surface area (Å²) in [6.07, 6.45) is 0.189. The first kappa shape index (κ1) is 33.2. The molecule has 236 valence electrons. The molecule has 2 amide bonds. The summed E-state index contributed by atoms with van der Waals surface area (Å²) in [7, 11) is -2.78. The SMILES string of the molecule is COc1cccc(CN(C(=O)CN(c2ccccc2)S(=O)(=O)c2ccc(F)cc2)[C@H](Cc2ccccc2)C(=O)NC(C)(C)C)c1. The number of anilines is 1. The summed E-state index contributed by atoms with van der Waals surface area (Å²) in [6.45, 7) is 4.95. The average Bonchev–Trinajstić information content (AvgIpc) is 3.01. The highest BCUT2D eigenvalue weighted by molar-refractivity contribution is 7.92. The van der Waals surface area contributed by atoms with E-state index in [1.54, 1.807) is 48.5 Å². The van der Waals surface area contributed by atoms with Crippen LogP contribution in [-0.2, 0) is 32.6 Å². The van der Waals surface area contributed by atoms with Crippen LogP contribution in [0.5, 0.6) is 5.75 Å². The van der Waals surface area contributed by atoms with Gasteiger partial charge in [0.25, 0.3) is 10.0 Å². The summed E-state index contributed by atoms with van der Waals surface area (Å²) in [5.74, 6) is -0.995. The van der Waals surface area contributed by atoms with Crippen molar-refractivity contribution in [2.45, 2.75) is 50.2 Å². The van der Waals surface area contributed by atoms with Crippen LogP contribution < -0.4 is 14.4 Å². The van der Waals surface area contributed by atoms with Crippen LogP contribution in [0.4, 0.5) is 10.1 Å². The van der Waals surface area contributed by atoms with Crippen LogP contribution in [0.25, 0.3) is 0 Å². The number of carbonyl (C=O) groups is 2. The zero-order chi connectivity index (χ0) is 32.6. The topological polar surface area (TPSA) is 96.0 Å². The molecule has 1 N–H and O–H groups in total. The Morgan fingerprint density at radius 2 is 1.44 bits per heavy atom. The highest BCUT2D eigenvalue weighted by Crippen LogP contribution is 2.26. The number of para-hydroxylation sites is 1. The normalized spacial score (nSPS) is 12.2. The molecule has 0 fully saturated rings. The number of methoxy groups -OCH3 is 1. The summed E-state index contributed by atoms with van der Waals surface area (Å²) >= 11 is 0. The Hall–Kier alpha value is -4.70. The lowest BCUT2D eigenvalue weighted by Gasteiger charge is -2.35. The van der Waals surface area contributed by atoms with Gasteiger partial charge >= 0.3 is 0 Å². The molecule has 4 rings (SSSR count). The minimum atomic E-state index is -4.32. The second-order valence-corrected chi connectivity index (χ2v) is 13.5. The van der Waals surface area contributed by atoms with E-state index in [1.165, 1.54) is 12.0 Å². The molecule has 8 nitrogen and oxygen atoms in total. The van der Waals surface area contributed by atoms with Crippen LogP contribution in [0, 0.1) is 5.82 Å². The third-order valence-corrected chi connectivity index (χ3v) is 8.77. The van der Waals surface area contributed by atoms with Gasteiger partial charge in [-0.2, -0.15) is 0 Å². The van der Waals surface area contributed by atoms with Gasteiger partial charge in [-0.05, 0) is 80.4 Å². The molecule has 0 saturated carbocycles. The maximum Gasteiger partial charge on any atom is 0.264 e. The zero-order valence-corrected chi connectivity index (χ0v) is 26.6. The second-order valence-electron chi connectivity index (χ2n) is 11.6. The molecule has 4 aromatic rings. The van der Waals surface area contributed by atoms with Crippen molar-refractivity contribution in [3.8, 4) is 5.75 Å². The fraction of sp³-hybridized carbons (Fsp3) is 0.257. The van der Waals surface area contributed by atoms with E-state index in [-0.39, 0.29) is 29.5 Å². The first-order valence-electron chi connectivity index (χ1n) is 14.5. The van der Waals surface area contributed by atoms with Gasteiger partial charge in [0.1, 0.15) is 24.2 Å². The molecular formula is C35H38FN3O5S. The first-order valence-corrected chi connectivity index (χ1v) is 15.9. The van der Waals surface area contributed by atoms with Crippen LogP contribution in [0.15, 0.2) is 114 Å². The van der Waals surface area contributed by atoms with Crippen LogP contribution in [-0.4, -0.2) is 50.4 Å². The van der Waals surface area contributed by atoms with Crippen molar-refractivity contribution in [3.05, 3.63) is 126 Å². The van der Waals surface area contributed by atoms with Gasteiger partial charge < -0.3 is 15.0 Å². The Morgan fingerprint density at radius 3 is 2.04 bits per heavy atom. The Labute approximate surface area is 264 Å². The smallest absolute Gasteiger partial charge is 0.264 e. The van der Waals surface area contributed by atoms with Crippen molar-refractivity contribution < 1.29 is 27.1 Å². The zero-order valence-electron chi connectivity index (χ0n) is 25.8. The van der Waals surface area contributed by atoms with Crippen molar-refractivity contribution in [3.63, 3.8) is 0 Å². The van der Waals surface area contributed by atoms with Crippen LogP contribution in [0.2, 0.25) is 0 Å². The van der Waals surface area contributed by atoms with E-state index < -0.39 is 39.9 Å². The first-order chi connectivity index (χ1) is 21.4. The quantitative estimate of drug-likeness (QED) is 0.220. The summed E-state index contributed by atoms with van der Waals surface area (Å²) < 4.78 is 48.0. The Balaban J connectivity index is 1.81. The molecule has 4 aromatic carbocycles. The number of rotatable bonds is 12. The van der Waals surface area contributed by atoms with E-state index in [2.05, 4.69) is 5.32 Å². The second kappa shape index (κ2) is 14.4. The maximum atomic E-state index is 14.5. The molecule has 0 aromatic heterocycles. The fourth-order valence-electron chi connectivity index (χ4n) is 4.83. The minimum absolute atomic E-state index is 0.00429. The largest absolute Gasteiger partial charge is 0.497 e. The van der Waals surface area contributed by atoms with E-state index in [0.717, 1.165) is 34.1 Å². The van der Waals surface area contributed by atoms with E-state index >= 15 is 0 Å². The van der Waals surface area contributed by atoms with Crippen LogP contribution >= 0.6 is 0 Å². The lowest BCUT2D eigenvalue weighted by atomic mass is 10.0. The van der Waals surface area contributed by atoms with Gasteiger partial charge in [-0.3, -0.25) is 13.9 Å². The molecule has 10 heteroatoms. The summed E-state index contributed by atoms with van der Waals surface area (Å²) in [5, 5.41) is 3.00. The molecule has 0 aliphatic heterocycles.